The number of thioether (sulfide) groups is 1. The Balaban J connectivity index is 2.26. The van der Waals surface area contributed by atoms with Gasteiger partial charge in [-0.1, -0.05) is 19.9 Å². The molecule has 3 heteroatoms. The van der Waals surface area contributed by atoms with Crippen LogP contribution in [0.15, 0.2) is 35.4 Å². The van der Waals surface area contributed by atoms with Crippen LogP contribution in [0.5, 0.6) is 0 Å². The van der Waals surface area contributed by atoms with Gasteiger partial charge in [0.1, 0.15) is 0 Å². The third-order valence-electron chi connectivity index (χ3n) is 2.25. The quantitative estimate of drug-likeness (QED) is 0.649. The van der Waals surface area contributed by atoms with E-state index in [1.54, 1.807) is 11.8 Å². The first kappa shape index (κ1) is 11.3. The molecule has 0 saturated heterocycles. The molecule has 0 aliphatic rings. The predicted octanol–water partition coefficient (Wildman–Crippen LogP) is 3.57. The number of aromatic nitrogens is 1. The first-order valence-electron chi connectivity index (χ1n) is 5.44. The van der Waals surface area contributed by atoms with Crippen molar-refractivity contribution in [1.29, 1.82) is 0 Å². The predicted molar refractivity (Wildman–Crippen MR) is 71.7 cm³/mol. The lowest BCUT2D eigenvalue weighted by atomic mass is 10.2. The van der Waals surface area contributed by atoms with Gasteiger partial charge >= 0.3 is 0 Å². The summed E-state index contributed by atoms with van der Waals surface area (Å²) in [6.45, 7) is 4.43. The molecule has 0 spiro atoms. The molecule has 0 bridgehead atoms. The van der Waals surface area contributed by atoms with Crippen molar-refractivity contribution in [3.63, 3.8) is 0 Å². The van der Waals surface area contributed by atoms with E-state index in [9.17, 15) is 0 Å². The van der Waals surface area contributed by atoms with Crippen LogP contribution in [0.3, 0.4) is 0 Å². The lowest BCUT2D eigenvalue weighted by Gasteiger charge is -2.05. The zero-order valence-electron chi connectivity index (χ0n) is 9.60. The summed E-state index contributed by atoms with van der Waals surface area (Å²) in [5, 5.41) is 2.19. The van der Waals surface area contributed by atoms with Crippen molar-refractivity contribution in [1.82, 2.24) is 4.98 Å². The fourth-order valence-corrected chi connectivity index (χ4v) is 2.29. The third-order valence-corrected chi connectivity index (χ3v) is 3.61. The van der Waals surface area contributed by atoms with E-state index in [2.05, 4.69) is 31.0 Å². The van der Waals surface area contributed by atoms with Gasteiger partial charge in [0.2, 0.25) is 0 Å². The number of nitrogens with zero attached hydrogens (tertiary/aromatic N) is 1. The van der Waals surface area contributed by atoms with Gasteiger partial charge in [0, 0.05) is 16.8 Å². The van der Waals surface area contributed by atoms with Crippen LogP contribution in [0.4, 0.5) is 5.69 Å². The summed E-state index contributed by atoms with van der Waals surface area (Å²) >= 11 is 1.81. The number of hydrogen-bond acceptors (Lipinski definition) is 3. The molecule has 0 atom stereocenters. The number of fused-ring (bicyclic) bond motifs is 1. The van der Waals surface area contributed by atoms with E-state index in [-0.39, 0.29) is 0 Å². The van der Waals surface area contributed by atoms with E-state index in [1.807, 2.05) is 18.2 Å². The molecule has 0 saturated carbocycles. The molecule has 1 aromatic heterocycles. The number of benzene rings is 1. The minimum atomic E-state index is 0.689. The summed E-state index contributed by atoms with van der Waals surface area (Å²) in [5.74, 6) is 1.79. The zero-order valence-corrected chi connectivity index (χ0v) is 10.4. The van der Waals surface area contributed by atoms with E-state index in [1.165, 1.54) is 0 Å². The lowest BCUT2D eigenvalue weighted by molar-refractivity contribution is 0.749. The second-order valence-electron chi connectivity index (χ2n) is 4.31. The van der Waals surface area contributed by atoms with Gasteiger partial charge in [-0.15, -0.1) is 11.8 Å². The topological polar surface area (TPSA) is 38.9 Å². The van der Waals surface area contributed by atoms with Crippen molar-refractivity contribution in [2.24, 2.45) is 5.92 Å². The molecule has 2 aromatic rings. The monoisotopic (exact) mass is 232 g/mol. The van der Waals surface area contributed by atoms with Gasteiger partial charge in [0.15, 0.2) is 0 Å². The maximum Gasteiger partial charge on any atom is 0.0967 e. The van der Waals surface area contributed by atoms with E-state index in [0.29, 0.717) is 5.92 Å². The average Bonchev–Trinajstić information content (AvgIpc) is 2.26. The first-order valence-corrected chi connectivity index (χ1v) is 6.43. The standard InChI is InChI=1S/C13H16N2S/c1-9(2)8-16-13-6-3-10-7-11(14)4-5-12(10)15-13/h3-7,9H,8,14H2,1-2H3. The number of nitrogens with two attached hydrogens (primary N) is 1. The van der Waals surface area contributed by atoms with E-state index < -0.39 is 0 Å². The molecule has 0 aliphatic heterocycles. The van der Waals surface area contributed by atoms with Crippen molar-refractivity contribution in [3.8, 4) is 0 Å². The van der Waals surface area contributed by atoms with E-state index in [0.717, 1.165) is 27.4 Å². The van der Waals surface area contributed by atoms with Crippen molar-refractivity contribution in [3.05, 3.63) is 30.3 Å². The first-order chi connectivity index (χ1) is 7.65. The summed E-state index contributed by atoms with van der Waals surface area (Å²) in [6.07, 6.45) is 0. The van der Waals surface area contributed by atoms with Crippen LogP contribution in [-0.4, -0.2) is 10.7 Å². The Kier molecular flexibility index (Phi) is 3.34. The Morgan fingerprint density at radius 2 is 2.06 bits per heavy atom. The molecule has 0 fully saturated rings. The normalized spacial score (nSPS) is 11.2. The number of pyridine rings is 1. The molecule has 2 nitrogen and oxygen atoms in total. The summed E-state index contributed by atoms with van der Waals surface area (Å²) in [5.41, 5.74) is 7.53. The van der Waals surface area contributed by atoms with Crippen molar-refractivity contribution in [2.75, 3.05) is 11.5 Å². The molecule has 84 valence electrons. The zero-order chi connectivity index (χ0) is 11.5. The second-order valence-corrected chi connectivity index (χ2v) is 5.35. The highest BCUT2D eigenvalue weighted by molar-refractivity contribution is 7.99. The Hall–Kier alpha value is -1.22. The minimum Gasteiger partial charge on any atom is -0.399 e. The highest BCUT2D eigenvalue weighted by Crippen LogP contribution is 2.22. The summed E-state index contributed by atoms with van der Waals surface area (Å²) in [7, 11) is 0. The second kappa shape index (κ2) is 4.74. The van der Waals surface area contributed by atoms with Crippen LogP contribution in [-0.2, 0) is 0 Å². The van der Waals surface area contributed by atoms with Crippen LogP contribution in [0.25, 0.3) is 10.9 Å². The highest BCUT2D eigenvalue weighted by Gasteiger charge is 2.01. The molecule has 1 aromatic carbocycles. The highest BCUT2D eigenvalue weighted by atomic mass is 32.2. The molecule has 16 heavy (non-hydrogen) atoms. The van der Waals surface area contributed by atoms with Crippen LogP contribution in [0, 0.1) is 5.92 Å². The van der Waals surface area contributed by atoms with Gasteiger partial charge in [-0.2, -0.15) is 0 Å². The van der Waals surface area contributed by atoms with Gasteiger partial charge in [0.25, 0.3) is 0 Å². The van der Waals surface area contributed by atoms with Gasteiger partial charge in [-0.05, 0) is 30.2 Å². The molecule has 1 heterocycles. The third kappa shape index (κ3) is 2.67. The molecule has 0 amide bonds. The van der Waals surface area contributed by atoms with Crippen LogP contribution in [0.2, 0.25) is 0 Å². The summed E-state index contributed by atoms with van der Waals surface area (Å²) in [6, 6.07) is 9.98. The van der Waals surface area contributed by atoms with Gasteiger partial charge < -0.3 is 5.73 Å². The Labute approximate surface area is 100 Å². The van der Waals surface area contributed by atoms with Gasteiger partial charge in [-0.3, -0.25) is 0 Å². The van der Waals surface area contributed by atoms with Crippen molar-refractivity contribution >= 4 is 28.4 Å². The molecule has 0 radical (unpaired) electrons. The lowest BCUT2D eigenvalue weighted by Crippen LogP contribution is -1.92. The summed E-state index contributed by atoms with van der Waals surface area (Å²) < 4.78 is 0. The maximum atomic E-state index is 5.73. The molecule has 2 N–H and O–H groups in total. The number of rotatable bonds is 3. The number of anilines is 1. The van der Waals surface area contributed by atoms with E-state index in [4.69, 9.17) is 5.73 Å². The van der Waals surface area contributed by atoms with Crippen LogP contribution >= 0.6 is 11.8 Å². The smallest absolute Gasteiger partial charge is 0.0967 e. The largest absolute Gasteiger partial charge is 0.399 e. The number of hydrogen-bond donors (Lipinski definition) is 1. The Morgan fingerprint density at radius 1 is 1.25 bits per heavy atom. The van der Waals surface area contributed by atoms with Crippen molar-refractivity contribution in [2.45, 2.75) is 18.9 Å². The fourth-order valence-electron chi connectivity index (χ4n) is 1.46. The van der Waals surface area contributed by atoms with E-state index >= 15 is 0 Å². The molecule has 2 rings (SSSR count). The van der Waals surface area contributed by atoms with Crippen LogP contribution in [0.1, 0.15) is 13.8 Å². The molecule has 0 aliphatic carbocycles. The molecular weight excluding hydrogens is 216 g/mol. The molecular formula is C13H16N2S. The average molecular weight is 232 g/mol. The Bertz CT molecular complexity index is 494. The fraction of sp³-hybridized carbons (Fsp3) is 0.308. The van der Waals surface area contributed by atoms with Gasteiger partial charge in [-0.25, -0.2) is 4.98 Å². The van der Waals surface area contributed by atoms with Crippen LogP contribution < -0.4 is 5.73 Å². The van der Waals surface area contributed by atoms with Gasteiger partial charge in [0.05, 0.1) is 10.5 Å². The Morgan fingerprint density at radius 3 is 2.81 bits per heavy atom. The minimum absolute atomic E-state index is 0.689. The maximum absolute atomic E-state index is 5.73. The van der Waals surface area contributed by atoms with Crippen molar-refractivity contribution < 1.29 is 0 Å². The summed E-state index contributed by atoms with van der Waals surface area (Å²) in [4.78, 5) is 4.60. The number of nitrogen functional groups attached to an aromatic ring is 1. The SMILES string of the molecule is CC(C)CSc1ccc2cc(N)ccc2n1. The molecule has 0 unspecified atom stereocenters.